The highest BCUT2D eigenvalue weighted by molar-refractivity contribution is 5.99. The highest BCUT2D eigenvalue weighted by atomic mass is 16.4. The van der Waals surface area contributed by atoms with E-state index in [9.17, 15) is 78.3 Å². The maximum Gasteiger partial charge on any atom is 0.305 e. The van der Waals surface area contributed by atoms with Gasteiger partial charge in [-0.3, -0.25) is 47.9 Å². The van der Waals surface area contributed by atoms with Crippen molar-refractivity contribution in [3.63, 3.8) is 0 Å². The molecule has 0 bridgehead atoms. The van der Waals surface area contributed by atoms with E-state index in [1.54, 1.807) is 53.7 Å². The van der Waals surface area contributed by atoms with Crippen LogP contribution in [0.2, 0.25) is 0 Å². The Bertz CT molecular complexity index is 2290. The molecule has 8 amide bonds. The number of nitrogens with one attached hydrogen (secondary N) is 9. The number of aliphatic hydroxyl groups excluding tert-OH is 2. The van der Waals surface area contributed by atoms with Gasteiger partial charge >= 0.3 is 11.9 Å². The molecule has 0 unspecified atom stereocenters. The molecule has 2 rings (SSSR count). The SMILES string of the molecule is CC(C)C[C@H](NC(=O)[C@H](CC(C)C)NC(=O)[C@@H](NC(=O)[C@H](CC(=O)O)NC(=O)[C@H](Cc1cnc[nH]1)NC(=O)[C@H](CCC(=O)O)NC(=O)[C@@H](NC(=O)[C@@H](N)C(C)C)[C@@H](C)O)[C@@H](C)O)C(=O)N[C@H](C=O)Cc1ccc(O)cc1. The van der Waals surface area contributed by atoms with Crippen LogP contribution in [0.5, 0.6) is 5.75 Å². The van der Waals surface area contributed by atoms with Crippen LogP contribution in [0.3, 0.4) is 0 Å². The fourth-order valence-electron chi connectivity index (χ4n) is 7.41. The highest BCUT2D eigenvalue weighted by Gasteiger charge is 2.38. The Balaban J connectivity index is 2.40. The number of nitrogens with two attached hydrogens (primary N) is 1. The molecular weight excluding hydrogens is 999 g/mol. The standard InChI is InChI=1S/C49H75N11O16/c1-23(2)15-33(43(70)53-30(21-61)17-28-9-11-31(64)12-10-28)55-44(71)34(16-24(3)4)58-49(76)40(26(7)62)59-46(73)36(19-38(67)68)57-45(72)35(18-29-20-51-22-52-29)56-42(69)32(13-14-37(65)66)54-48(75)41(27(8)63)60-47(74)39(50)25(5)6/h9-12,20-27,30,32-36,39-41,62-64H,13-19,50H2,1-8H3,(H,51,52)(H,53,70)(H,54,75)(H,55,71)(H,56,69)(H,57,72)(H,58,76)(H,59,73)(H,60,74)(H,65,66)(H,67,68)/t26-,27-,30+,32+,33+,34+,35+,36+,39+,40+,41+/m1/s1. The average Bonchev–Trinajstić information content (AvgIpc) is 3.85. The monoisotopic (exact) mass is 1070 g/mol. The summed E-state index contributed by atoms with van der Waals surface area (Å²) in [4.78, 5) is 152. The molecular formula is C49H75N11O16. The average molecular weight is 1070 g/mol. The number of carbonyl (C=O) groups is 11. The number of carbonyl (C=O) groups excluding carboxylic acids is 9. The summed E-state index contributed by atoms with van der Waals surface area (Å²) < 4.78 is 0. The van der Waals surface area contributed by atoms with Crippen LogP contribution in [-0.4, -0.2) is 168 Å². The first kappa shape index (κ1) is 64.6. The molecule has 0 saturated heterocycles. The molecule has 0 aliphatic carbocycles. The number of phenols is 1. The van der Waals surface area contributed by atoms with E-state index in [-0.39, 0.29) is 48.5 Å². The lowest BCUT2D eigenvalue weighted by Crippen LogP contribution is -2.62. The Morgan fingerprint density at radius 2 is 1.03 bits per heavy atom. The van der Waals surface area contributed by atoms with Gasteiger partial charge in [0.25, 0.3) is 0 Å². The molecule has 0 saturated carbocycles. The fraction of sp³-hybridized carbons (Fsp3) is 0.592. The molecule has 27 heteroatoms. The predicted molar refractivity (Wildman–Crippen MR) is 270 cm³/mol. The van der Waals surface area contributed by atoms with Crippen molar-refractivity contribution in [1.29, 1.82) is 0 Å². The van der Waals surface area contributed by atoms with Crippen molar-refractivity contribution in [1.82, 2.24) is 52.5 Å². The van der Waals surface area contributed by atoms with Crippen molar-refractivity contribution in [2.45, 2.75) is 167 Å². The zero-order chi connectivity index (χ0) is 57.6. The number of aromatic nitrogens is 2. The van der Waals surface area contributed by atoms with Crippen LogP contribution in [0.4, 0.5) is 0 Å². The Labute approximate surface area is 439 Å². The van der Waals surface area contributed by atoms with Gasteiger partial charge in [-0.05, 0) is 75.0 Å². The van der Waals surface area contributed by atoms with Crippen LogP contribution in [0.25, 0.3) is 0 Å². The second kappa shape index (κ2) is 31.4. The smallest absolute Gasteiger partial charge is 0.305 e. The molecule has 1 aromatic heterocycles. The quantitative estimate of drug-likeness (QED) is 0.0320. The van der Waals surface area contributed by atoms with Gasteiger partial charge in [0.1, 0.15) is 54.3 Å². The normalized spacial score (nSPS) is 15.7. The molecule has 422 valence electrons. The molecule has 0 spiro atoms. The number of aliphatic hydroxyl groups is 2. The molecule has 11 atom stereocenters. The van der Waals surface area contributed by atoms with E-state index in [2.05, 4.69) is 52.5 Å². The molecule has 0 aliphatic rings. The van der Waals surface area contributed by atoms with Gasteiger partial charge in [0.05, 0.1) is 37.0 Å². The van der Waals surface area contributed by atoms with Crippen LogP contribution in [0.1, 0.15) is 98.8 Å². The van der Waals surface area contributed by atoms with Gasteiger partial charge < -0.3 is 83.6 Å². The van der Waals surface area contributed by atoms with Gasteiger partial charge in [0.15, 0.2) is 0 Å². The van der Waals surface area contributed by atoms with Crippen LogP contribution < -0.4 is 48.3 Å². The highest BCUT2D eigenvalue weighted by Crippen LogP contribution is 2.14. The van der Waals surface area contributed by atoms with E-state index in [1.807, 2.05) is 0 Å². The lowest BCUT2D eigenvalue weighted by molar-refractivity contribution is -0.142. The van der Waals surface area contributed by atoms with Crippen LogP contribution >= 0.6 is 0 Å². The number of phenolic OH excluding ortho intramolecular Hbond substituents is 1. The van der Waals surface area contributed by atoms with E-state index in [1.165, 1.54) is 24.7 Å². The number of amides is 8. The number of hydrogen-bond acceptors (Lipinski definition) is 16. The number of imidazole rings is 1. The Morgan fingerprint density at radius 1 is 0.579 bits per heavy atom. The predicted octanol–water partition coefficient (Wildman–Crippen LogP) is -2.85. The van der Waals surface area contributed by atoms with E-state index < -0.39 is 151 Å². The Morgan fingerprint density at radius 3 is 1.49 bits per heavy atom. The van der Waals surface area contributed by atoms with E-state index in [0.717, 1.165) is 13.8 Å². The van der Waals surface area contributed by atoms with Crippen LogP contribution in [0, 0.1) is 17.8 Å². The lowest BCUT2D eigenvalue weighted by atomic mass is 9.99. The summed E-state index contributed by atoms with van der Waals surface area (Å²) in [5.74, 6) is -12.2. The van der Waals surface area contributed by atoms with Crippen molar-refractivity contribution in [3.05, 3.63) is 48.0 Å². The summed E-state index contributed by atoms with van der Waals surface area (Å²) in [5, 5.41) is 69.2. The number of aliphatic carboxylic acids is 2. The maximum absolute atomic E-state index is 14.1. The zero-order valence-corrected chi connectivity index (χ0v) is 43.8. The van der Waals surface area contributed by atoms with Gasteiger partial charge in [-0.2, -0.15) is 0 Å². The van der Waals surface area contributed by atoms with E-state index >= 15 is 0 Å². The molecule has 1 heterocycles. The molecule has 16 N–H and O–H groups in total. The fourth-order valence-corrected chi connectivity index (χ4v) is 7.41. The summed E-state index contributed by atoms with van der Waals surface area (Å²) in [6, 6.07) is -7.81. The first-order chi connectivity index (χ1) is 35.5. The number of aromatic amines is 1. The summed E-state index contributed by atoms with van der Waals surface area (Å²) in [7, 11) is 0. The van der Waals surface area contributed by atoms with Crippen LogP contribution in [0.15, 0.2) is 36.8 Å². The molecule has 27 nitrogen and oxygen atoms in total. The Kier molecular flexibility index (Phi) is 26.7. The minimum atomic E-state index is -2.02. The van der Waals surface area contributed by atoms with Crippen molar-refractivity contribution in [2.24, 2.45) is 23.5 Å². The zero-order valence-electron chi connectivity index (χ0n) is 43.8. The second-order valence-electron chi connectivity index (χ2n) is 19.7. The molecule has 0 aliphatic heterocycles. The molecule has 0 radical (unpaired) electrons. The summed E-state index contributed by atoms with van der Waals surface area (Å²) in [5.41, 5.74) is 6.73. The van der Waals surface area contributed by atoms with Gasteiger partial charge in [-0.25, -0.2) is 4.98 Å². The number of aldehydes is 1. The van der Waals surface area contributed by atoms with Gasteiger partial charge in [-0.15, -0.1) is 0 Å². The number of benzene rings is 1. The van der Waals surface area contributed by atoms with Crippen molar-refractivity contribution in [2.75, 3.05) is 0 Å². The molecule has 76 heavy (non-hydrogen) atoms. The number of rotatable bonds is 33. The number of nitrogens with zero attached hydrogens (tertiary/aromatic N) is 1. The van der Waals surface area contributed by atoms with Gasteiger partial charge in [0, 0.05) is 24.7 Å². The molecule has 0 fully saturated rings. The lowest BCUT2D eigenvalue weighted by Gasteiger charge is -2.29. The Hall–Kier alpha value is -7.52. The third-order valence-electron chi connectivity index (χ3n) is 11.6. The number of hydrogen-bond donors (Lipinski definition) is 15. The maximum atomic E-state index is 14.1. The topological polar surface area (TPSA) is 440 Å². The summed E-state index contributed by atoms with van der Waals surface area (Å²) >= 11 is 0. The molecule has 2 aromatic rings. The summed E-state index contributed by atoms with van der Waals surface area (Å²) in [6.45, 7) is 12.6. The minimum absolute atomic E-state index is 0.00108. The second-order valence-corrected chi connectivity index (χ2v) is 19.7. The summed E-state index contributed by atoms with van der Waals surface area (Å²) in [6.07, 6.45) is -2.96. The molecule has 1 aromatic carbocycles. The van der Waals surface area contributed by atoms with Crippen molar-refractivity contribution >= 4 is 65.5 Å². The van der Waals surface area contributed by atoms with E-state index in [0.29, 0.717) is 11.8 Å². The number of aromatic hydroxyl groups is 1. The third kappa shape index (κ3) is 22.5. The van der Waals surface area contributed by atoms with Crippen LogP contribution in [-0.2, 0) is 65.6 Å². The van der Waals surface area contributed by atoms with Gasteiger partial charge in [-0.1, -0.05) is 53.7 Å². The first-order valence-electron chi connectivity index (χ1n) is 24.7. The van der Waals surface area contributed by atoms with Gasteiger partial charge in [0.2, 0.25) is 47.3 Å². The van der Waals surface area contributed by atoms with E-state index in [4.69, 9.17) is 5.73 Å². The largest absolute Gasteiger partial charge is 0.508 e. The minimum Gasteiger partial charge on any atom is -0.508 e. The number of H-pyrrole nitrogens is 1. The number of carboxylic acid groups (broad SMARTS) is 2. The van der Waals surface area contributed by atoms with Crippen molar-refractivity contribution < 1.29 is 78.3 Å². The number of carboxylic acids is 2. The third-order valence-corrected chi connectivity index (χ3v) is 11.6. The first-order valence-corrected chi connectivity index (χ1v) is 24.7. The van der Waals surface area contributed by atoms with Crippen molar-refractivity contribution in [3.8, 4) is 5.75 Å².